The first-order valence-corrected chi connectivity index (χ1v) is 10.5. The highest BCUT2D eigenvalue weighted by Gasteiger charge is 2.12. The minimum Gasteiger partial charge on any atom is -0.489 e. The summed E-state index contributed by atoms with van der Waals surface area (Å²) in [6, 6.07) is 26.2. The molecule has 33 heavy (non-hydrogen) atoms. The summed E-state index contributed by atoms with van der Waals surface area (Å²) in [4.78, 5) is 20.5. The summed E-state index contributed by atoms with van der Waals surface area (Å²) in [7, 11) is 0. The van der Waals surface area contributed by atoms with E-state index in [1.54, 1.807) is 36.5 Å². The molecule has 3 aromatic carbocycles. The molecule has 5 rings (SSSR count). The number of ether oxygens (including phenoxy) is 2. The number of carbonyl (C=O) groups excluding carboxylic acids is 1. The zero-order valence-corrected chi connectivity index (χ0v) is 17.9. The predicted molar refractivity (Wildman–Crippen MR) is 125 cm³/mol. The van der Waals surface area contributed by atoms with E-state index in [2.05, 4.69) is 9.97 Å². The molecule has 0 atom stereocenters. The summed E-state index contributed by atoms with van der Waals surface area (Å²) in [6.07, 6.45) is 1.61. The molecule has 2 aromatic heterocycles. The van der Waals surface area contributed by atoms with Crippen molar-refractivity contribution in [1.29, 1.82) is 0 Å². The number of benzene rings is 3. The standard InChI is InChI=1S/C27H20N2O4/c1-18(30)20-10-12-24-26(14-20)33-27(29-24)25-13-11-23(16-28-25)32-22-9-5-8-21(15-22)31-17-19-6-3-2-4-7-19/h2-16H,17H2,1H3. The second kappa shape index (κ2) is 8.96. The lowest BCUT2D eigenvalue weighted by atomic mass is 10.1. The summed E-state index contributed by atoms with van der Waals surface area (Å²) in [5, 5.41) is 0. The van der Waals surface area contributed by atoms with Gasteiger partial charge in [0.2, 0.25) is 5.89 Å². The van der Waals surface area contributed by atoms with Gasteiger partial charge in [0, 0.05) is 11.6 Å². The van der Waals surface area contributed by atoms with E-state index in [1.807, 2.05) is 54.6 Å². The van der Waals surface area contributed by atoms with Crippen LogP contribution in [0.15, 0.2) is 95.5 Å². The number of oxazole rings is 1. The van der Waals surface area contributed by atoms with Crippen molar-refractivity contribution in [1.82, 2.24) is 9.97 Å². The molecule has 0 saturated heterocycles. The Hall–Kier alpha value is -4.45. The highest BCUT2D eigenvalue weighted by Crippen LogP contribution is 2.28. The smallest absolute Gasteiger partial charge is 0.246 e. The molecular weight excluding hydrogens is 416 g/mol. The molecule has 0 spiro atoms. The van der Waals surface area contributed by atoms with Crippen molar-refractivity contribution >= 4 is 16.9 Å². The van der Waals surface area contributed by atoms with Crippen LogP contribution in [-0.4, -0.2) is 15.8 Å². The molecule has 0 saturated carbocycles. The highest BCUT2D eigenvalue weighted by molar-refractivity contribution is 5.97. The average Bonchev–Trinajstić information content (AvgIpc) is 3.28. The molecule has 0 amide bonds. The molecule has 0 unspecified atom stereocenters. The molecule has 0 aliphatic carbocycles. The Labute approximate surface area is 190 Å². The highest BCUT2D eigenvalue weighted by atomic mass is 16.5. The van der Waals surface area contributed by atoms with Gasteiger partial charge in [0.15, 0.2) is 11.4 Å². The first-order chi connectivity index (χ1) is 16.1. The Morgan fingerprint density at radius 1 is 0.879 bits per heavy atom. The lowest BCUT2D eigenvalue weighted by molar-refractivity contribution is 0.101. The molecule has 2 heterocycles. The van der Waals surface area contributed by atoms with Crippen LogP contribution in [0.4, 0.5) is 0 Å². The van der Waals surface area contributed by atoms with Gasteiger partial charge in [0.25, 0.3) is 0 Å². The zero-order chi connectivity index (χ0) is 22.6. The second-order valence-electron chi connectivity index (χ2n) is 7.49. The van der Waals surface area contributed by atoms with Crippen LogP contribution in [-0.2, 0) is 6.61 Å². The second-order valence-corrected chi connectivity index (χ2v) is 7.49. The minimum atomic E-state index is -0.0241. The van der Waals surface area contributed by atoms with Gasteiger partial charge in [-0.1, -0.05) is 36.4 Å². The lowest BCUT2D eigenvalue weighted by Gasteiger charge is -2.09. The Kier molecular flexibility index (Phi) is 5.55. The maximum absolute atomic E-state index is 11.6. The molecule has 0 fully saturated rings. The van der Waals surface area contributed by atoms with Gasteiger partial charge in [0.05, 0.1) is 6.20 Å². The Morgan fingerprint density at radius 2 is 1.73 bits per heavy atom. The number of hydrogen-bond acceptors (Lipinski definition) is 6. The quantitative estimate of drug-likeness (QED) is 0.272. The van der Waals surface area contributed by atoms with Crippen molar-refractivity contribution in [3.05, 3.63) is 102 Å². The summed E-state index contributed by atoms with van der Waals surface area (Å²) in [5.74, 6) is 2.30. The fourth-order valence-corrected chi connectivity index (χ4v) is 3.32. The van der Waals surface area contributed by atoms with Crippen LogP contribution in [0.5, 0.6) is 17.2 Å². The van der Waals surface area contributed by atoms with Gasteiger partial charge in [-0.25, -0.2) is 9.97 Å². The van der Waals surface area contributed by atoms with E-state index in [9.17, 15) is 4.79 Å². The van der Waals surface area contributed by atoms with Crippen LogP contribution >= 0.6 is 0 Å². The fraction of sp³-hybridized carbons (Fsp3) is 0.0741. The number of aromatic nitrogens is 2. The number of carbonyl (C=O) groups is 1. The average molecular weight is 436 g/mol. The molecule has 0 aliphatic heterocycles. The van der Waals surface area contributed by atoms with E-state index in [4.69, 9.17) is 13.9 Å². The number of hydrogen-bond donors (Lipinski definition) is 0. The first kappa shape index (κ1) is 20.5. The molecule has 6 heteroatoms. The molecule has 0 N–H and O–H groups in total. The van der Waals surface area contributed by atoms with E-state index < -0.39 is 0 Å². The summed E-state index contributed by atoms with van der Waals surface area (Å²) < 4.78 is 17.6. The minimum absolute atomic E-state index is 0.0241. The van der Waals surface area contributed by atoms with Gasteiger partial charge >= 0.3 is 0 Å². The van der Waals surface area contributed by atoms with Crippen LogP contribution < -0.4 is 9.47 Å². The van der Waals surface area contributed by atoms with Crippen LogP contribution in [0.2, 0.25) is 0 Å². The SMILES string of the molecule is CC(=O)c1ccc2nc(-c3ccc(Oc4cccc(OCc5ccccc5)c4)cn3)oc2c1. The van der Waals surface area contributed by atoms with E-state index in [0.717, 1.165) is 11.3 Å². The fourth-order valence-electron chi connectivity index (χ4n) is 3.32. The van der Waals surface area contributed by atoms with Crippen molar-refractivity contribution in [3.8, 4) is 28.8 Å². The summed E-state index contributed by atoms with van der Waals surface area (Å²) >= 11 is 0. The maximum atomic E-state index is 11.6. The molecule has 5 aromatic rings. The van der Waals surface area contributed by atoms with Crippen molar-refractivity contribution in [3.63, 3.8) is 0 Å². The van der Waals surface area contributed by atoms with Crippen LogP contribution in [0.25, 0.3) is 22.7 Å². The third kappa shape index (κ3) is 4.75. The number of pyridine rings is 1. The van der Waals surface area contributed by atoms with Gasteiger partial charge < -0.3 is 13.9 Å². The van der Waals surface area contributed by atoms with Gasteiger partial charge in [-0.3, -0.25) is 4.79 Å². The van der Waals surface area contributed by atoms with Crippen molar-refractivity contribution in [2.75, 3.05) is 0 Å². The van der Waals surface area contributed by atoms with Gasteiger partial charge in [-0.2, -0.15) is 0 Å². The van der Waals surface area contributed by atoms with Crippen LogP contribution in [0.3, 0.4) is 0 Å². The van der Waals surface area contributed by atoms with Gasteiger partial charge in [-0.15, -0.1) is 0 Å². The van der Waals surface area contributed by atoms with E-state index in [-0.39, 0.29) is 5.78 Å². The monoisotopic (exact) mass is 436 g/mol. The predicted octanol–water partition coefficient (Wildman–Crippen LogP) is 6.46. The van der Waals surface area contributed by atoms with E-state index in [1.165, 1.54) is 6.92 Å². The van der Waals surface area contributed by atoms with Crippen molar-refractivity contribution < 1.29 is 18.7 Å². The van der Waals surface area contributed by atoms with Gasteiger partial charge in [-0.05, 0) is 55.0 Å². The number of nitrogens with zero attached hydrogens (tertiary/aromatic N) is 2. The summed E-state index contributed by atoms with van der Waals surface area (Å²) in [6.45, 7) is 2.00. The lowest BCUT2D eigenvalue weighted by Crippen LogP contribution is -1.95. The number of ketones is 1. The Balaban J connectivity index is 1.28. The third-order valence-corrected chi connectivity index (χ3v) is 5.04. The van der Waals surface area contributed by atoms with Crippen molar-refractivity contribution in [2.45, 2.75) is 13.5 Å². The zero-order valence-electron chi connectivity index (χ0n) is 17.9. The molecular formula is C27H20N2O4. The Bertz CT molecular complexity index is 1410. The molecule has 0 radical (unpaired) electrons. The topological polar surface area (TPSA) is 74.5 Å². The third-order valence-electron chi connectivity index (χ3n) is 5.04. The number of Topliss-reactive ketones (excluding diaryl/α,β-unsaturated/α-hetero) is 1. The first-order valence-electron chi connectivity index (χ1n) is 10.5. The van der Waals surface area contributed by atoms with E-state index in [0.29, 0.717) is 46.4 Å². The summed E-state index contributed by atoms with van der Waals surface area (Å²) in [5.41, 5.74) is 3.47. The number of fused-ring (bicyclic) bond motifs is 1. The van der Waals surface area contributed by atoms with Crippen LogP contribution in [0, 0.1) is 0 Å². The van der Waals surface area contributed by atoms with Crippen LogP contribution in [0.1, 0.15) is 22.8 Å². The molecule has 162 valence electrons. The van der Waals surface area contributed by atoms with E-state index >= 15 is 0 Å². The molecule has 6 nitrogen and oxygen atoms in total. The largest absolute Gasteiger partial charge is 0.489 e. The van der Waals surface area contributed by atoms with Crippen molar-refractivity contribution in [2.24, 2.45) is 0 Å². The normalized spacial score (nSPS) is 10.8. The molecule has 0 aliphatic rings. The maximum Gasteiger partial charge on any atom is 0.246 e. The number of rotatable bonds is 7. The van der Waals surface area contributed by atoms with Gasteiger partial charge in [0.1, 0.15) is 35.1 Å². The molecule has 0 bridgehead atoms. The Morgan fingerprint density at radius 3 is 2.52 bits per heavy atom.